The maximum atomic E-state index is 13.2. The van der Waals surface area contributed by atoms with Gasteiger partial charge >= 0.3 is 0 Å². The van der Waals surface area contributed by atoms with E-state index in [1.54, 1.807) is 18.2 Å². The summed E-state index contributed by atoms with van der Waals surface area (Å²) in [6.45, 7) is 1.15. The van der Waals surface area contributed by atoms with Crippen LogP contribution in [0.25, 0.3) is 0 Å². The molecule has 0 aliphatic rings. The molecule has 0 saturated carbocycles. The van der Waals surface area contributed by atoms with E-state index in [0.717, 1.165) is 6.42 Å². The summed E-state index contributed by atoms with van der Waals surface area (Å²) in [6, 6.07) is 6.51. The molecule has 0 aliphatic heterocycles. The van der Waals surface area contributed by atoms with E-state index >= 15 is 0 Å². The highest BCUT2D eigenvalue weighted by Crippen LogP contribution is 2.08. The quantitative estimate of drug-likeness (QED) is 0.714. The summed E-state index contributed by atoms with van der Waals surface area (Å²) < 4.78 is 13.2. The van der Waals surface area contributed by atoms with Gasteiger partial charge in [-0.05, 0) is 31.0 Å². The second-order valence-corrected chi connectivity index (χ2v) is 3.58. The number of benzene rings is 1. The normalized spacial score (nSPS) is 10.1. The Balaban J connectivity index is 2.29. The fourth-order valence-corrected chi connectivity index (χ4v) is 1.37. The topological polar surface area (TPSA) is 55.1 Å². The van der Waals surface area contributed by atoms with Gasteiger partial charge in [-0.2, -0.15) is 0 Å². The van der Waals surface area contributed by atoms with Gasteiger partial charge in [0.05, 0.1) is 0 Å². The molecule has 1 rings (SSSR count). The Hall–Kier alpha value is -1.42. The number of nitrogens with two attached hydrogens (primary N) is 1. The third kappa shape index (κ3) is 4.40. The lowest BCUT2D eigenvalue weighted by molar-refractivity contribution is -0.121. The number of nitrogens with one attached hydrogen (secondary N) is 1. The average Bonchev–Trinajstić information content (AvgIpc) is 2.28. The van der Waals surface area contributed by atoms with Crippen LogP contribution in [-0.2, 0) is 11.2 Å². The Morgan fingerprint density at radius 2 is 2.12 bits per heavy atom. The Bertz CT molecular complexity index is 342. The van der Waals surface area contributed by atoms with Crippen molar-refractivity contribution in [3.05, 3.63) is 35.6 Å². The summed E-state index contributed by atoms with van der Waals surface area (Å²) in [5, 5.41) is 2.73. The lowest BCUT2D eigenvalue weighted by atomic mass is 10.1. The lowest BCUT2D eigenvalue weighted by Crippen LogP contribution is -2.26. The van der Waals surface area contributed by atoms with Crippen LogP contribution in [0.15, 0.2) is 24.3 Å². The molecule has 0 aromatic heterocycles. The smallest absolute Gasteiger partial charge is 0.220 e. The van der Waals surface area contributed by atoms with Crippen molar-refractivity contribution in [1.29, 1.82) is 0 Å². The number of amides is 1. The van der Waals surface area contributed by atoms with Crippen LogP contribution in [0, 0.1) is 5.82 Å². The van der Waals surface area contributed by atoms with Crippen LogP contribution in [0.3, 0.4) is 0 Å². The molecule has 3 nitrogen and oxygen atoms in total. The number of halogens is 1. The molecule has 0 radical (unpaired) electrons. The van der Waals surface area contributed by atoms with Gasteiger partial charge in [-0.3, -0.25) is 4.79 Å². The summed E-state index contributed by atoms with van der Waals surface area (Å²) in [6.07, 6.45) is 1.51. The summed E-state index contributed by atoms with van der Waals surface area (Å²) in [5.41, 5.74) is 5.88. The molecule has 1 amide bonds. The van der Waals surface area contributed by atoms with Crippen LogP contribution >= 0.6 is 0 Å². The second-order valence-electron chi connectivity index (χ2n) is 3.58. The number of carbonyl (C=O) groups excluding carboxylic acids is 1. The van der Waals surface area contributed by atoms with Crippen LogP contribution in [-0.4, -0.2) is 19.0 Å². The molecule has 0 heterocycles. The summed E-state index contributed by atoms with van der Waals surface area (Å²) in [4.78, 5) is 11.3. The monoisotopic (exact) mass is 224 g/mol. The van der Waals surface area contributed by atoms with Gasteiger partial charge in [0.1, 0.15) is 5.82 Å². The zero-order chi connectivity index (χ0) is 11.8. The van der Waals surface area contributed by atoms with Crippen molar-refractivity contribution in [2.24, 2.45) is 5.73 Å². The van der Waals surface area contributed by atoms with Crippen molar-refractivity contribution >= 4 is 5.91 Å². The minimum Gasteiger partial charge on any atom is -0.356 e. The first kappa shape index (κ1) is 12.6. The molecule has 0 aliphatic carbocycles. The SMILES string of the molecule is NCCCNC(=O)CCc1ccccc1F. The zero-order valence-corrected chi connectivity index (χ0v) is 9.21. The molecular formula is C12H17FN2O. The van der Waals surface area contributed by atoms with Crippen LogP contribution in [0.4, 0.5) is 4.39 Å². The minimum absolute atomic E-state index is 0.0586. The number of hydrogen-bond donors (Lipinski definition) is 2. The molecule has 0 atom stereocenters. The number of hydrogen-bond acceptors (Lipinski definition) is 2. The van der Waals surface area contributed by atoms with E-state index in [9.17, 15) is 9.18 Å². The zero-order valence-electron chi connectivity index (χ0n) is 9.21. The second kappa shape index (κ2) is 6.95. The van der Waals surface area contributed by atoms with Crippen LogP contribution in [0.2, 0.25) is 0 Å². The highest BCUT2D eigenvalue weighted by atomic mass is 19.1. The highest BCUT2D eigenvalue weighted by molar-refractivity contribution is 5.76. The largest absolute Gasteiger partial charge is 0.356 e. The van der Waals surface area contributed by atoms with Crippen molar-refractivity contribution < 1.29 is 9.18 Å². The van der Waals surface area contributed by atoms with E-state index in [4.69, 9.17) is 5.73 Å². The van der Waals surface area contributed by atoms with E-state index in [-0.39, 0.29) is 11.7 Å². The average molecular weight is 224 g/mol. The first-order chi connectivity index (χ1) is 7.74. The fourth-order valence-electron chi connectivity index (χ4n) is 1.37. The molecule has 0 bridgehead atoms. The van der Waals surface area contributed by atoms with Crippen molar-refractivity contribution in [2.45, 2.75) is 19.3 Å². The Kier molecular flexibility index (Phi) is 5.50. The Morgan fingerprint density at radius 3 is 2.81 bits per heavy atom. The van der Waals surface area contributed by atoms with Crippen LogP contribution in [0.5, 0.6) is 0 Å². The van der Waals surface area contributed by atoms with Crippen LogP contribution < -0.4 is 11.1 Å². The lowest BCUT2D eigenvalue weighted by Gasteiger charge is -2.04. The third-order valence-corrected chi connectivity index (χ3v) is 2.28. The van der Waals surface area contributed by atoms with E-state index in [1.165, 1.54) is 6.07 Å². The first-order valence-corrected chi connectivity index (χ1v) is 5.44. The maximum Gasteiger partial charge on any atom is 0.220 e. The van der Waals surface area contributed by atoms with Crippen LogP contribution in [0.1, 0.15) is 18.4 Å². The van der Waals surface area contributed by atoms with Gasteiger partial charge in [0.25, 0.3) is 0 Å². The molecule has 0 fully saturated rings. The Morgan fingerprint density at radius 1 is 1.38 bits per heavy atom. The molecule has 0 unspecified atom stereocenters. The molecule has 1 aromatic rings. The summed E-state index contributed by atoms with van der Waals surface area (Å²) >= 11 is 0. The minimum atomic E-state index is -0.253. The third-order valence-electron chi connectivity index (χ3n) is 2.28. The predicted molar refractivity (Wildman–Crippen MR) is 61.4 cm³/mol. The van der Waals surface area contributed by atoms with Crippen molar-refractivity contribution in [3.63, 3.8) is 0 Å². The molecule has 16 heavy (non-hydrogen) atoms. The van der Waals surface area contributed by atoms with Gasteiger partial charge in [0.2, 0.25) is 5.91 Å². The van der Waals surface area contributed by atoms with E-state index in [1.807, 2.05) is 0 Å². The Labute approximate surface area is 94.8 Å². The predicted octanol–water partition coefficient (Wildman–Crippen LogP) is 1.22. The molecular weight excluding hydrogens is 207 g/mol. The maximum absolute atomic E-state index is 13.2. The number of aryl methyl sites for hydroxylation is 1. The fraction of sp³-hybridized carbons (Fsp3) is 0.417. The van der Waals surface area contributed by atoms with Gasteiger partial charge in [-0.1, -0.05) is 18.2 Å². The molecule has 0 spiro atoms. The molecule has 88 valence electrons. The van der Waals surface area contributed by atoms with E-state index < -0.39 is 0 Å². The van der Waals surface area contributed by atoms with Crippen molar-refractivity contribution in [3.8, 4) is 0 Å². The van der Waals surface area contributed by atoms with Gasteiger partial charge in [-0.25, -0.2) is 4.39 Å². The number of carbonyl (C=O) groups is 1. The van der Waals surface area contributed by atoms with Gasteiger partial charge < -0.3 is 11.1 Å². The highest BCUT2D eigenvalue weighted by Gasteiger charge is 2.04. The molecule has 0 saturated heterocycles. The first-order valence-electron chi connectivity index (χ1n) is 5.44. The van der Waals surface area contributed by atoms with Gasteiger partial charge in [0.15, 0.2) is 0 Å². The van der Waals surface area contributed by atoms with Crippen molar-refractivity contribution in [2.75, 3.05) is 13.1 Å². The van der Waals surface area contributed by atoms with Crippen molar-refractivity contribution in [1.82, 2.24) is 5.32 Å². The van der Waals surface area contributed by atoms with Gasteiger partial charge in [0, 0.05) is 13.0 Å². The van der Waals surface area contributed by atoms with E-state index in [0.29, 0.717) is 31.5 Å². The van der Waals surface area contributed by atoms with E-state index in [2.05, 4.69) is 5.32 Å². The molecule has 4 heteroatoms. The van der Waals surface area contributed by atoms with Gasteiger partial charge in [-0.15, -0.1) is 0 Å². The standard InChI is InChI=1S/C12H17FN2O/c13-11-5-2-1-4-10(11)6-7-12(16)15-9-3-8-14/h1-2,4-5H,3,6-9,14H2,(H,15,16). The summed E-state index contributed by atoms with van der Waals surface area (Å²) in [7, 11) is 0. The molecule has 3 N–H and O–H groups in total. The molecule has 1 aromatic carbocycles. The summed E-state index contributed by atoms with van der Waals surface area (Å²) in [5.74, 6) is -0.311. The number of rotatable bonds is 6.